The minimum atomic E-state index is -0.373. The molecule has 4 aromatic carbocycles. The molecule has 0 atom stereocenters. The van der Waals surface area contributed by atoms with Crippen molar-refractivity contribution in [2.75, 3.05) is 7.11 Å². The summed E-state index contributed by atoms with van der Waals surface area (Å²) in [6.45, 7) is 0.194. The number of fused-ring (bicyclic) bond motifs is 1. The second-order valence-electron chi connectivity index (χ2n) is 9.58. The number of benzene rings is 4. The molecule has 6 nitrogen and oxygen atoms in total. The van der Waals surface area contributed by atoms with Crippen molar-refractivity contribution >= 4 is 22.7 Å². The summed E-state index contributed by atoms with van der Waals surface area (Å²) in [4.78, 5) is 29.6. The normalized spacial score (nSPS) is 10.8. The Hall–Kier alpha value is -5.04. The zero-order valence-corrected chi connectivity index (χ0v) is 22.5. The Morgan fingerprint density at radius 1 is 0.756 bits per heavy atom. The SMILES string of the molecule is COc1cc2nccc(Oc3ccc(CC(=O)Cc4ccc(F)cc4)cc3)c2cc1CC(=O)OCc1ccccc1. The molecule has 0 aliphatic carbocycles. The van der Waals surface area contributed by atoms with Gasteiger partial charge >= 0.3 is 5.97 Å². The van der Waals surface area contributed by atoms with Crippen LogP contribution in [0.5, 0.6) is 17.2 Å². The average molecular weight is 550 g/mol. The standard InChI is InChI=1S/C34H28FNO5/c1-39-33-21-31-30(19-26(33)20-34(38)40-22-25-5-3-2-4-6-25)32(15-16-36-31)41-29-13-9-24(10-14-29)18-28(37)17-23-7-11-27(35)12-8-23/h2-16,19,21H,17-18,20,22H2,1H3. The van der Waals surface area contributed by atoms with Gasteiger partial charge in [-0.05, 0) is 53.1 Å². The molecule has 0 N–H and O–H groups in total. The summed E-state index contributed by atoms with van der Waals surface area (Å²) in [5, 5.41) is 0.720. The molecule has 0 bridgehead atoms. The van der Waals surface area contributed by atoms with E-state index < -0.39 is 0 Å². The molecule has 0 saturated carbocycles. The fraction of sp³-hybridized carbons (Fsp3) is 0.147. The number of halogens is 1. The maximum Gasteiger partial charge on any atom is 0.310 e. The van der Waals surface area contributed by atoms with E-state index in [1.807, 2.05) is 48.5 Å². The number of methoxy groups -OCH3 is 1. The van der Waals surface area contributed by atoms with E-state index in [0.29, 0.717) is 28.3 Å². The van der Waals surface area contributed by atoms with Crippen molar-refractivity contribution in [1.82, 2.24) is 4.98 Å². The van der Waals surface area contributed by atoms with Crippen molar-refractivity contribution in [2.45, 2.75) is 25.9 Å². The number of pyridine rings is 1. The Morgan fingerprint density at radius 2 is 1.44 bits per heavy atom. The highest BCUT2D eigenvalue weighted by Gasteiger charge is 2.15. The third kappa shape index (κ3) is 7.33. The minimum absolute atomic E-state index is 0.0287. The molecule has 206 valence electrons. The lowest BCUT2D eigenvalue weighted by molar-refractivity contribution is -0.144. The van der Waals surface area contributed by atoms with E-state index >= 15 is 0 Å². The molecule has 1 heterocycles. The second-order valence-corrected chi connectivity index (χ2v) is 9.58. The van der Waals surface area contributed by atoms with Gasteiger partial charge in [-0.3, -0.25) is 14.6 Å². The van der Waals surface area contributed by atoms with E-state index in [0.717, 1.165) is 22.1 Å². The van der Waals surface area contributed by atoms with Crippen molar-refractivity contribution < 1.29 is 28.2 Å². The topological polar surface area (TPSA) is 74.7 Å². The summed E-state index contributed by atoms with van der Waals surface area (Å²) in [6, 6.07) is 28.1. The summed E-state index contributed by atoms with van der Waals surface area (Å²) in [6.07, 6.45) is 2.18. The number of ketones is 1. The van der Waals surface area contributed by atoms with Crippen LogP contribution in [0.4, 0.5) is 4.39 Å². The highest BCUT2D eigenvalue weighted by molar-refractivity contribution is 5.89. The Morgan fingerprint density at radius 3 is 2.12 bits per heavy atom. The first-order chi connectivity index (χ1) is 20.0. The van der Waals surface area contributed by atoms with E-state index in [9.17, 15) is 14.0 Å². The van der Waals surface area contributed by atoms with Crippen molar-refractivity contribution in [3.8, 4) is 17.2 Å². The van der Waals surface area contributed by atoms with Crippen LogP contribution in [0.2, 0.25) is 0 Å². The Bertz CT molecular complexity index is 1650. The summed E-state index contributed by atoms with van der Waals surface area (Å²) < 4.78 is 30.3. The van der Waals surface area contributed by atoms with Gasteiger partial charge in [-0.25, -0.2) is 4.39 Å². The molecule has 0 aliphatic rings. The number of aromatic nitrogens is 1. The molecule has 0 amide bonds. The summed E-state index contributed by atoms with van der Waals surface area (Å²) in [5.74, 6) is 1.03. The highest BCUT2D eigenvalue weighted by Crippen LogP contribution is 2.33. The number of rotatable bonds is 11. The molecule has 0 aliphatic heterocycles. The summed E-state index contributed by atoms with van der Waals surface area (Å²) >= 11 is 0. The molecule has 0 saturated heterocycles. The maximum absolute atomic E-state index is 13.1. The lowest BCUT2D eigenvalue weighted by Gasteiger charge is -2.13. The third-order valence-corrected chi connectivity index (χ3v) is 6.55. The molecule has 0 unspecified atom stereocenters. The molecule has 41 heavy (non-hydrogen) atoms. The van der Waals surface area contributed by atoms with E-state index in [1.54, 1.807) is 49.7 Å². The van der Waals surface area contributed by atoms with Gasteiger partial charge < -0.3 is 14.2 Å². The van der Waals surface area contributed by atoms with Crippen LogP contribution >= 0.6 is 0 Å². The van der Waals surface area contributed by atoms with Crippen LogP contribution in [0.3, 0.4) is 0 Å². The van der Waals surface area contributed by atoms with Crippen LogP contribution < -0.4 is 9.47 Å². The van der Waals surface area contributed by atoms with E-state index in [2.05, 4.69) is 4.98 Å². The van der Waals surface area contributed by atoms with E-state index in [-0.39, 0.29) is 43.4 Å². The molecule has 0 spiro atoms. The number of esters is 1. The fourth-order valence-corrected chi connectivity index (χ4v) is 4.48. The number of ether oxygens (including phenoxy) is 3. The monoisotopic (exact) mass is 549 g/mol. The fourth-order valence-electron chi connectivity index (χ4n) is 4.48. The van der Waals surface area contributed by atoms with Crippen molar-refractivity contribution in [3.05, 3.63) is 131 Å². The number of carbonyl (C=O) groups is 2. The molecule has 5 rings (SSSR count). The van der Waals surface area contributed by atoms with Gasteiger partial charge in [-0.15, -0.1) is 0 Å². The molecular weight excluding hydrogens is 521 g/mol. The van der Waals surface area contributed by atoms with Gasteiger partial charge in [-0.2, -0.15) is 0 Å². The highest BCUT2D eigenvalue weighted by atomic mass is 19.1. The van der Waals surface area contributed by atoms with Gasteiger partial charge in [0.15, 0.2) is 0 Å². The lowest BCUT2D eigenvalue weighted by atomic mass is 10.0. The summed E-state index contributed by atoms with van der Waals surface area (Å²) in [5.41, 5.74) is 3.86. The van der Waals surface area contributed by atoms with Crippen LogP contribution in [0, 0.1) is 5.82 Å². The van der Waals surface area contributed by atoms with Crippen LogP contribution in [0.15, 0.2) is 103 Å². The molecule has 7 heteroatoms. The molecule has 1 aromatic heterocycles. The first kappa shape index (κ1) is 27.5. The second kappa shape index (κ2) is 12.9. The number of Topliss-reactive ketones (excluding diaryl/α,β-unsaturated/α-hetero) is 1. The van der Waals surface area contributed by atoms with Gasteiger partial charge in [-0.1, -0.05) is 54.6 Å². The van der Waals surface area contributed by atoms with Crippen molar-refractivity contribution in [2.24, 2.45) is 0 Å². The molecule has 0 fully saturated rings. The van der Waals surface area contributed by atoms with Gasteiger partial charge in [0, 0.05) is 36.1 Å². The summed E-state index contributed by atoms with van der Waals surface area (Å²) in [7, 11) is 1.55. The molecule has 0 radical (unpaired) electrons. The van der Waals surface area contributed by atoms with E-state index in [4.69, 9.17) is 14.2 Å². The van der Waals surface area contributed by atoms with Gasteiger partial charge in [0.25, 0.3) is 0 Å². The molecule has 5 aromatic rings. The van der Waals surface area contributed by atoms with Crippen LogP contribution in [-0.4, -0.2) is 23.8 Å². The Labute approximate surface area is 237 Å². The van der Waals surface area contributed by atoms with Gasteiger partial charge in [0.1, 0.15) is 35.5 Å². The number of nitrogens with zero attached hydrogens (tertiary/aromatic N) is 1. The number of hydrogen-bond acceptors (Lipinski definition) is 6. The predicted molar refractivity (Wildman–Crippen MR) is 154 cm³/mol. The first-order valence-corrected chi connectivity index (χ1v) is 13.1. The smallest absolute Gasteiger partial charge is 0.310 e. The quantitative estimate of drug-likeness (QED) is 0.168. The number of hydrogen-bond donors (Lipinski definition) is 0. The van der Waals surface area contributed by atoms with Crippen LogP contribution in [0.1, 0.15) is 22.3 Å². The maximum atomic E-state index is 13.1. The Balaban J connectivity index is 1.27. The zero-order chi connectivity index (χ0) is 28.6. The zero-order valence-electron chi connectivity index (χ0n) is 22.5. The van der Waals surface area contributed by atoms with Crippen molar-refractivity contribution in [1.29, 1.82) is 0 Å². The molecular formula is C34H28FNO5. The van der Waals surface area contributed by atoms with Gasteiger partial charge in [0.2, 0.25) is 0 Å². The lowest BCUT2D eigenvalue weighted by Crippen LogP contribution is -2.09. The third-order valence-electron chi connectivity index (χ3n) is 6.55. The Kier molecular flexibility index (Phi) is 8.64. The van der Waals surface area contributed by atoms with Crippen LogP contribution in [-0.2, 0) is 40.2 Å². The predicted octanol–water partition coefficient (Wildman–Crippen LogP) is 6.82. The minimum Gasteiger partial charge on any atom is -0.496 e. The van der Waals surface area contributed by atoms with E-state index in [1.165, 1.54) is 12.1 Å². The largest absolute Gasteiger partial charge is 0.496 e. The average Bonchev–Trinajstić information content (AvgIpc) is 2.99. The number of carbonyl (C=O) groups excluding carboxylic acids is 2. The van der Waals surface area contributed by atoms with Crippen LogP contribution in [0.25, 0.3) is 10.9 Å². The van der Waals surface area contributed by atoms with Crippen molar-refractivity contribution in [3.63, 3.8) is 0 Å². The first-order valence-electron chi connectivity index (χ1n) is 13.1. The van der Waals surface area contributed by atoms with Gasteiger partial charge in [0.05, 0.1) is 19.0 Å².